The minimum Gasteiger partial charge on any atom is -0.438 e. The van der Waals surface area contributed by atoms with Gasteiger partial charge in [-0.25, -0.2) is 13.8 Å². The Labute approximate surface area is 158 Å². The van der Waals surface area contributed by atoms with Crippen LogP contribution in [0.2, 0.25) is 0 Å². The Bertz CT molecular complexity index is 803. The molecule has 3 rings (SSSR count). The zero-order valence-electron chi connectivity index (χ0n) is 16.1. The van der Waals surface area contributed by atoms with Crippen molar-refractivity contribution in [2.75, 3.05) is 13.1 Å². The van der Waals surface area contributed by atoms with Gasteiger partial charge in [-0.2, -0.15) is 0 Å². The molecule has 0 N–H and O–H groups in total. The third-order valence-corrected chi connectivity index (χ3v) is 5.17. The topological polar surface area (TPSA) is 49.6 Å². The lowest BCUT2D eigenvalue weighted by molar-refractivity contribution is -0.0468. The fraction of sp³-hybridized carbons (Fsp3) is 0.500. The Morgan fingerprint density at radius 2 is 1.81 bits per heavy atom. The van der Waals surface area contributed by atoms with E-state index >= 15 is 0 Å². The van der Waals surface area contributed by atoms with Gasteiger partial charge in [-0.1, -0.05) is 30.3 Å². The van der Waals surface area contributed by atoms with Crippen LogP contribution in [0.1, 0.15) is 55.9 Å². The first-order valence-corrected chi connectivity index (χ1v) is 8.94. The largest absolute Gasteiger partial charge is 0.438 e. The van der Waals surface area contributed by atoms with Crippen LogP contribution in [-0.4, -0.2) is 44.9 Å². The van der Waals surface area contributed by atoms with Crippen LogP contribution in [-0.2, 0) is 6.54 Å². The quantitative estimate of drug-likeness (QED) is 0.804. The van der Waals surface area contributed by atoms with Crippen LogP contribution in [0, 0.1) is 0 Å². The number of aromatic nitrogens is 1. The summed E-state index contributed by atoms with van der Waals surface area (Å²) in [5, 5.41) is 0. The van der Waals surface area contributed by atoms with E-state index in [1.54, 1.807) is 4.90 Å². The molecule has 0 saturated carbocycles. The standard InChI is InChI=1S/C20H25F2N3O2/c1-19(2)12-25(18(26)16-15(17(21)22)23-13-27-16)20(3,4)11-24(19)10-14-8-6-5-7-9-14/h5-9,13,17H,10-12H2,1-4H3. The predicted octanol–water partition coefficient (Wildman–Crippen LogP) is 4.13. The molecule has 0 unspecified atom stereocenters. The van der Waals surface area contributed by atoms with Crippen LogP contribution in [0.15, 0.2) is 41.1 Å². The molecule has 7 heteroatoms. The molecule has 0 aliphatic carbocycles. The minimum absolute atomic E-state index is 0.327. The first kappa shape index (κ1) is 19.5. The van der Waals surface area contributed by atoms with Crippen LogP contribution in [0.4, 0.5) is 8.78 Å². The summed E-state index contributed by atoms with van der Waals surface area (Å²) >= 11 is 0. The number of amides is 1. The van der Waals surface area contributed by atoms with E-state index in [1.165, 1.54) is 5.56 Å². The highest BCUT2D eigenvalue weighted by Gasteiger charge is 2.46. The Morgan fingerprint density at radius 1 is 1.15 bits per heavy atom. The van der Waals surface area contributed by atoms with E-state index in [1.807, 2.05) is 32.0 Å². The van der Waals surface area contributed by atoms with Crippen molar-refractivity contribution in [2.45, 2.75) is 51.7 Å². The van der Waals surface area contributed by atoms with E-state index in [-0.39, 0.29) is 11.3 Å². The van der Waals surface area contributed by atoms with Gasteiger partial charge in [0, 0.05) is 25.2 Å². The van der Waals surface area contributed by atoms with E-state index in [9.17, 15) is 13.6 Å². The first-order chi connectivity index (χ1) is 12.6. The number of carbonyl (C=O) groups is 1. The summed E-state index contributed by atoms with van der Waals surface area (Å²) in [5.74, 6) is -0.911. The third kappa shape index (κ3) is 3.88. The monoisotopic (exact) mass is 377 g/mol. The van der Waals surface area contributed by atoms with Crippen molar-refractivity contribution in [2.24, 2.45) is 0 Å². The Balaban J connectivity index is 1.85. The van der Waals surface area contributed by atoms with Crippen LogP contribution in [0.25, 0.3) is 0 Å². The molecule has 5 nitrogen and oxygen atoms in total. The van der Waals surface area contributed by atoms with Gasteiger partial charge in [0.15, 0.2) is 12.1 Å². The Kier molecular flexibility index (Phi) is 5.08. The Morgan fingerprint density at radius 3 is 2.44 bits per heavy atom. The molecule has 1 saturated heterocycles. The molecule has 2 aromatic rings. The normalized spacial score (nSPS) is 19.4. The molecule has 1 aliphatic heterocycles. The number of halogens is 2. The second-order valence-electron chi connectivity index (χ2n) is 8.23. The molecular weight excluding hydrogens is 352 g/mol. The maximum absolute atomic E-state index is 13.1. The van der Waals surface area contributed by atoms with Gasteiger partial charge in [0.05, 0.1) is 5.54 Å². The highest BCUT2D eigenvalue weighted by Crippen LogP contribution is 2.34. The predicted molar refractivity (Wildman–Crippen MR) is 97.5 cm³/mol. The SMILES string of the molecule is CC1(C)CN(C(=O)c2ocnc2C(F)F)C(C)(C)CN1Cc1ccccc1. The van der Waals surface area contributed by atoms with E-state index in [4.69, 9.17) is 4.42 Å². The summed E-state index contributed by atoms with van der Waals surface area (Å²) in [7, 11) is 0. The summed E-state index contributed by atoms with van der Waals surface area (Å²) in [6.07, 6.45) is -1.95. The third-order valence-electron chi connectivity index (χ3n) is 5.17. The number of benzene rings is 1. The highest BCUT2D eigenvalue weighted by molar-refractivity contribution is 5.93. The van der Waals surface area contributed by atoms with Crippen LogP contribution >= 0.6 is 0 Å². The van der Waals surface area contributed by atoms with Gasteiger partial charge < -0.3 is 9.32 Å². The number of hydrogen-bond acceptors (Lipinski definition) is 4. The molecule has 1 fully saturated rings. The summed E-state index contributed by atoms with van der Waals surface area (Å²) in [6.45, 7) is 9.75. The fourth-order valence-electron chi connectivity index (χ4n) is 3.58. The lowest BCUT2D eigenvalue weighted by Crippen LogP contribution is -2.68. The molecular formula is C20H25F2N3O2. The number of alkyl halides is 2. The molecule has 1 aromatic carbocycles. The first-order valence-electron chi connectivity index (χ1n) is 8.94. The van der Waals surface area contributed by atoms with E-state index in [0.717, 1.165) is 12.9 Å². The highest BCUT2D eigenvalue weighted by atomic mass is 19.3. The molecule has 2 heterocycles. The van der Waals surface area contributed by atoms with Crippen molar-refractivity contribution in [1.29, 1.82) is 0 Å². The number of rotatable bonds is 4. The maximum Gasteiger partial charge on any atom is 0.292 e. The van der Waals surface area contributed by atoms with Gasteiger partial charge in [-0.3, -0.25) is 9.69 Å². The van der Waals surface area contributed by atoms with Gasteiger partial charge in [-0.05, 0) is 33.3 Å². The molecule has 0 radical (unpaired) electrons. The molecule has 1 amide bonds. The van der Waals surface area contributed by atoms with Crippen LogP contribution < -0.4 is 0 Å². The summed E-state index contributed by atoms with van der Waals surface area (Å²) in [5.41, 5.74) is -0.281. The number of carbonyl (C=O) groups excluding carboxylic acids is 1. The average Bonchev–Trinajstić information content (AvgIpc) is 3.08. The molecule has 27 heavy (non-hydrogen) atoms. The van der Waals surface area contributed by atoms with Crippen molar-refractivity contribution in [1.82, 2.24) is 14.8 Å². The van der Waals surface area contributed by atoms with Gasteiger partial charge in [0.2, 0.25) is 5.76 Å². The minimum atomic E-state index is -2.85. The lowest BCUT2D eigenvalue weighted by atomic mass is 9.88. The van der Waals surface area contributed by atoms with Gasteiger partial charge in [0.25, 0.3) is 12.3 Å². The smallest absolute Gasteiger partial charge is 0.292 e. The van der Waals surface area contributed by atoms with Gasteiger partial charge in [-0.15, -0.1) is 0 Å². The zero-order valence-corrected chi connectivity index (χ0v) is 16.1. The van der Waals surface area contributed by atoms with Crippen molar-refractivity contribution in [3.05, 3.63) is 53.7 Å². The second-order valence-corrected chi connectivity index (χ2v) is 8.23. The molecule has 0 bridgehead atoms. The maximum atomic E-state index is 13.1. The van der Waals surface area contributed by atoms with Crippen molar-refractivity contribution < 1.29 is 18.0 Å². The molecule has 1 aromatic heterocycles. The lowest BCUT2D eigenvalue weighted by Gasteiger charge is -2.55. The molecule has 0 spiro atoms. The molecule has 146 valence electrons. The van der Waals surface area contributed by atoms with Gasteiger partial charge in [0.1, 0.15) is 0 Å². The summed E-state index contributed by atoms with van der Waals surface area (Å²) < 4.78 is 31.3. The average molecular weight is 377 g/mol. The van der Waals surface area contributed by atoms with Crippen molar-refractivity contribution in [3.8, 4) is 0 Å². The summed E-state index contributed by atoms with van der Waals surface area (Å²) in [4.78, 5) is 20.5. The van der Waals surface area contributed by atoms with Crippen molar-refractivity contribution in [3.63, 3.8) is 0 Å². The molecule has 0 atom stereocenters. The van der Waals surface area contributed by atoms with E-state index in [0.29, 0.717) is 13.1 Å². The number of hydrogen-bond donors (Lipinski definition) is 0. The van der Waals surface area contributed by atoms with Gasteiger partial charge >= 0.3 is 0 Å². The van der Waals surface area contributed by atoms with Crippen LogP contribution in [0.3, 0.4) is 0 Å². The van der Waals surface area contributed by atoms with Crippen LogP contribution in [0.5, 0.6) is 0 Å². The molecule has 1 aliphatic rings. The summed E-state index contributed by atoms with van der Waals surface area (Å²) in [6, 6.07) is 10.1. The Hall–Kier alpha value is -2.28. The number of nitrogens with zero attached hydrogens (tertiary/aromatic N) is 3. The fourth-order valence-corrected chi connectivity index (χ4v) is 3.58. The zero-order chi connectivity index (χ0) is 19.8. The van der Waals surface area contributed by atoms with E-state index in [2.05, 4.69) is 35.9 Å². The van der Waals surface area contributed by atoms with E-state index < -0.39 is 23.6 Å². The van der Waals surface area contributed by atoms with Crippen molar-refractivity contribution >= 4 is 5.91 Å². The second kappa shape index (κ2) is 7.03. The number of piperazine rings is 1. The number of oxazole rings is 1.